The molecule has 1 unspecified atom stereocenters. The van der Waals surface area contributed by atoms with E-state index in [0.29, 0.717) is 25.4 Å². The number of amides is 1. The molecule has 2 heterocycles. The van der Waals surface area contributed by atoms with E-state index >= 15 is 0 Å². The summed E-state index contributed by atoms with van der Waals surface area (Å²) in [5.41, 5.74) is 2.38. The zero-order valence-corrected chi connectivity index (χ0v) is 16.1. The fourth-order valence-corrected chi connectivity index (χ4v) is 3.38. The van der Waals surface area contributed by atoms with Crippen molar-refractivity contribution in [3.63, 3.8) is 0 Å². The molecule has 1 saturated heterocycles. The van der Waals surface area contributed by atoms with Crippen LogP contribution in [0.15, 0.2) is 47.7 Å². The third-order valence-electron chi connectivity index (χ3n) is 4.86. The zero-order chi connectivity index (χ0) is 19.1. The summed E-state index contributed by atoms with van der Waals surface area (Å²) in [6.07, 6.45) is 5.54. The summed E-state index contributed by atoms with van der Waals surface area (Å²) < 4.78 is 1.85. The number of hydrogen-bond donors (Lipinski definition) is 2. The number of nitrogens with one attached hydrogen (secondary N) is 2. The first-order chi connectivity index (χ1) is 13.2. The Morgan fingerprint density at radius 1 is 1.30 bits per heavy atom. The number of nitrogens with zero attached hydrogens (tertiary/aromatic N) is 4. The van der Waals surface area contributed by atoms with Crippen LogP contribution < -0.4 is 10.6 Å². The molecule has 1 aliphatic rings. The van der Waals surface area contributed by atoms with Gasteiger partial charge in [-0.15, -0.1) is 0 Å². The monoisotopic (exact) mass is 368 g/mol. The molecule has 3 rings (SSSR count). The van der Waals surface area contributed by atoms with Gasteiger partial charge in [-0.1, -0.05) is 30.3 Å². The quantitative estimate of drug-likeness (QED) is 0.598. The van der Waals surface area contributed by atoms with Crippen LogP contribution in [0.25, 0.3) is 0 Å². The van der Waals surface area contributed by atoms with Crippen molar-refractivity contribution in [3.8, 4) is 0 Å². The minimum absolute atomic E-state index is 0.0384. The van der Waals surface area contributed by atoms with E-state index < -0.39 is 0 Å². The number of guanidine groups is 1. The second-order valence-corrected chi connectivity index (χ2v) is 6.87. The van der Waals surface area contributed by atoms with Crippen molar-refractivity contribution in [2.75, 3.05) is 26.7 Å². The average Bonchev–Trinajstić information content (AvgIpc) is 3.33. The SMILES string of the molecule is CN=C(NCCC(=O)NCc1ccccc1)N1CCC(c2cnn(C)c2)C1. The minimum atomic E-state index is 0.0384. The van der Waals surface area contributed by atoms with Gasteiger partial charge in [0.05, 0.1) is 6.20 Å². The van der Waals surface area contributed by atoms with Gasteiger partial charge >= 0.3 is 0 Å². The number of hydrogen-bond acceptors (Lipinski definition) is 3. The van der Waals surface area contributed by atoms with Gasteiger partial charge < -0.3 is 15.5 Å². The second kappa shape index (κ2) is 9.21. The summed E-state index contributed by atoms with van der Waals surface area (Å²) in [6.45, 7) is 3.01. The molecule has 0 spiro atoms. The molecule has 0 saturated carbocycles. The first-order valence-electron chi connectivity index (χ1n) is 9.40. The Morgan fingerprint density at radius 2 is 2.11 bits per heavy atom. The number of likely N-dealkylation sites (tertiary alicyclic amines) is 1. The van der Waals surface area contributed by atoms with Crippen molar-refractivity contribution in [2.24, 2.45) is 12.0 Å². The van der Waals surface area contributed by atoms with Gasteiger partial charge in [0.25, 0.3) is 0 Å². The van der Waals surface area contributed by atoms with Gasteiger partial charge in [-0.2, -0.15) is 5.10 Å². The third-order valence-corrected chi connectivity index (χ3v) is 4.86. The Labute approximate surface area is 160 Å². The lowest BCUT2D eigenvalue weighted by Gasteiger charge is -2.21. The zero-order valence-electron chi connectivity index (χ0n) is 16.1. The molecule has 27 heavy (non-hydrogen) atoms. The molecular weight excluding hydrogens is 340 g/mol. The highest BCUT2D eigenvalue weighted by Gasteiger charge is 2.26. The summed E-state index contributed by atoms with van der Waals surface area (Å²) in [7, 11) is 3.73. The predicted molar refractivity (Wildman–Crippen MR) is 106 cm³/mol. The molecular formula is C20H28N6O. The number of aliphatic imine (C=N–C) groups is 1. The van der Waals surface area contributed by atoms with Gasteiger partial charge in [0, 0.05) is 58.8 Å². The Hall–Kier alpha value is -2.83. The van der Waals surface area contributed by atoms with Gasteiger partial charge in [-0.25, -0.2) is 0 Å². The lowest BCUT2D eigenvalue weighted by molar-refractivity contribution is -0.121. The predicted octanol–water partition coefficient (Wildman–Crippen LogP) is 1.49. The molecule has 1 aromatic carbocycles. The number of aromatic nitrogens is 2. The van der Waals surface area contributed by atoms with E-state index in [1.54, 1.807) is 7.05 Å². The lowest BCUT2D eigenvalue weighted by Crippen LogP contribution is -2.41. The van der Waals surface area contributed by atoms with Crippen LogP contribution in [0, 0.1) is 0 Å². The highest BCUT2D eigenvalue weighted by Crippen LogP contribution is 2.26. The molecule has 144 valence electrons. The van der Waals surface area contributed by atoms with Crippen molar-refractivity contribution in [3.05, 3.63) is 53.9 Å². The first kappa shape index (κ1) is 18.9. The van der Waals surface area contributed by atoms with Crippen LogP contribution in [0.4, 0.5) is 0 Å². The molecule has 0 radical (unpaired) electrons. The van der Waals surface area contributed by atoms with E-state index in [2.05, 4.69) is 31.8 Å². The standard InChI is InChI=1S/C20H28N6O/c1-21-20(26-11-9-17(15-26)18-13-24-25(2)14-18)22-10-8-19(27)23-12-16-6-4-3-5-7-16/h3-7,13-14,17H,8-12,15H2,1-2H3,(H,21,22)(H,23,27). The van der Waals surface area contributed by atoms with Crippen molar-refractivity contribution < 1.29 is 4.79 Å². The largest absolute Gasteiger partial charge is 0.356 e. The van der Waals surface area contributed by atoms with Crippen molar-refractivity contribution in [2.45, 2.75) is 25.3 Å². The van der Waals surface area contributed by atoms with Gasteiger partial charge in [-0.3, -0.25) is 14.5 Å². The minimum Gasteiger partial charge on any atom is -0.356 e. The fourth-order valence-electron chi connectivity index (χ4n) is 3.38. The number of carbonyl (C=O) groups is 1. The normalized spacial score (nSPS) is 17.2. The van der Waals surface area contributed by atoms with E-state index in [-0.39, 0.29) is 5.91 Å². The summed E-state index contributed by atoms with van der Waals surface area (Å²) in [5, 5.41) is 10.5. The molecule has 0 bridgehead atoms. The van der Waals surface area contributed by atoms with E-state index in [9.17, 15) is 4.79 Å². The molecule has 1 fully saturated rings. The Balaban J connectivity index is 1.40. The van der Waals surface area contributed by atoms with Crippen LogP contribution in [0.3, 0.4) is 0 Å². The molecule has 1 amide bonds. The van der Waals surface area contributed by atoms with Crippen LogP contribution in [0.5, 0.6) is 0 Å². The second-order valence-electron chi connectivity index (χ2n) is 6.87. The molecule has 0 aliphatic carbocycles. The highest BCUT2D eigenvalue weighted by molar-refractivity contribution is 5.81. The number of aryl methyl sites for hydroxylation is 1. The third kappa shape index (κ3) is 5.32. The van der Waals surface area contributed by atoms with Crippen molar-refractivity contribution >= 4 is 11.9 Å². The van der Waals surface area contributed by atoms with Crippen LogP contribution in [-0.4, -0.2) is 53.2 Å². The van der Waals surface area contributed by atoms with E-state index in [4.69, 9.17) is 0 Å². The Morgan fingerprint density at radius 3 is 2.81 bits per heavy atom. The molecule has 1 aliphatic heterocycles. The molecule has 7 heteroatoms. The topological polar surface area (TPSA) is 74.6 Å². The Kier molecular flexibility index (Phi) is 6.46. The molecule has 2 aromatic rings. The van der Waals surface area contributed by atoms with Crippen LogP contribution in [0.1, 0.15) is 29.9 Å². The molecule has 1 aromatic heterocycles. The van der Waals surface area contributed by atoms with Crippen molar-refractivity contribution in [1.82, 2.24) is 25.3 Å². The van der Waals surface area contributed by atoms with Gasteiger partial charge in [0.2, 0.25) is 5.91 Å². The summed E-state index contributed by atoms with van der Waals surface area (Å²) in [5.74, 6) is 1.38. The van der Waals surface area contributed by atoms with E-state index in [0.717, 1.165) is 31.0 Å². The smallest absolute Gasteiger partial charge is 0.222 e. The first-order valence-corrected chi connectivity index (χ1v) is 9.40. The van der Waals surface area contributed by atoms with E-state index in [1.807, 2.05) is 48.3 Å². The van der Waals surface area contributed by atoms with Crippen LogP contribution in [-0.2, 0) is 18.4 Å². The van der Waals surface area contributed by atoms with Crippen LogP contribution >= 0.6 is 0 Å². The molecule has 1 atom stereocenters. The Bertz CT molecular complexity index is 770. The van der Waals surface area contributed by atoms with Crippen LogP contribution in [0.2, 0.25) is 0 Å². The summed E-state index contributed by atoms with van der Waals surface area (Å²) in [4.78, 5) is 18.7. The maximum absolute atomic E-state index is 12.0. The fraction of sp³-hybridized carbons (Fsp3) is 0.450. The summed E-state index contributed by atoms with van der Waals surface area (Å²) >= 11 is 0. The highest BCUT2D eigenvalue weighted by atomic mass is 16.1. The van der Waals surface area contributed by atoms with Gasteiger partial charge in [0.1, 0.15) is 0 Å². The number of carbonyl (C=O) groups excluding carboxylic acids is 1. The number of rotatable bonds is 6. The maximum Gasteiger partial charge on any atom is 0.222 e. The van der Waals surface area contributed by atoms with E-state index in [1.165, 1.54) is 5.56 Å². The van der Waals surface area contributed by atoms with Gasteiger partial charge in [0.15, 0.2) is 5.96 Å². The molecule has 7 nitrogen and oxygen atoms in total. The molecule has 2 N–H and O–H groups in total. The number of benzene rings is 1. The van der Waals surface area contributed by atoms with Crippen molar-refractivity contribution in [1.29, 1.82) is 0 Å². The summed E-state index contributed by atoms with van der Waals surface area (Å²) in [6, 6.07) is 9.93. The lowest BCUT2D eigenvalue weighted by atomic mass is 10.0. The average molecular weight is 368 g/mol. The van der Waals surface area contributed by atoms with Gasteiger partial charge in [-0.05, 0) is 17.5 Å². The maximum atomic E-state index is 12.0.